The van der Waals surface area contributed by atoms with Crippen LogP contribution in [-0.4, -0.2) is 11.9 Å². The second-order valence-corrected chi connectivity index (χ2v) is 4.02. The number of carbonyl (C=O) groups is 1. The van der Waals surface area contributed by atoms with E-state index >= 15 is 0 Å². The van der Waals surface area contributed by atoms with Crippen molar-refractivity contribution in [1.29, 1.82) is 0 Å². The van der Waals surface area contributed by atoms with Crippen LogP contribution >= 0.6 is 0 Å². The molecule has 1 aromatic rings. The van der Waals surface area contributed by atoms with Gasteiger partial charge in [-0.15, -0.1) is 0 Å². The van der Waals surface area contributed by atoms with Crippen LogP contribution in [0.5, 0.6) is 0 Å². The van der Waals surface area contributed by atoms with Crippen molar-refractivity contribution in [2.24, 2.45) is 0 Å². The van der Waals surface area contributed by atoms with E-state index in [0.717, 1.165) is 5.56 Å². The monoisotopic (exact) mass is 221 g/mol. The Balaban J connectivity index is 3.10. The Morgan fingerprint density at radius 1 is 1.50 bits per heavy atom. The highest BCUT2D eigenvalue weighted by Gasteiger charge is 2.12. The van der Waals surface area contributed by atoms with E-state index in [1.807, 2.05) is 13.8 Å². The minimum atomic E-state index is -0.422. The standard InChI is InChI=1S/C13H16FNO/c1-5-10-6-9(4)11(7-12(10)14)13(16)15-8(2)3/h5-8H,1H2,2-4H3,(H,15,16). The van der Waals surface area contributed by atoms with Crippen molar-refractivity contribution in [3.05, 3.63) is 41.2 Å². The first-order chi connectivity index (χ1) is 7.45. The van der Waals surface area contributed by atoms with E-state index in [9.17, 15) is 9.18 Å². The number of rotatable bonds is 3. The van der Waals surface area contributed by atoms with Crippen LogP contribution in [0.2, 0.25) is 0 Å². The highest BCUT2D eigenvalue weighted by Crippen LogP contribution is 2.16. The first-order valence-corrected chi connectivity index (χ1v) is 5.19. The predicted octanol–water partition coefficient (Wildman–Crippen LogP) is 2.92. The van der Waals surface area contributed by atoms with Crippen molar-refractivity contribution in [3.8, 4) is 0 Å². The summed E-state index contributed by atoms with van der Waals surface area (Å²) in [7, 11) is 0. The third-order valence-electron chi connectivity index (χ3n) is 2.23. The molecule has 0 radical (unpaired) electrons. The van der Waals surface area contributed by atoms with E-state index in [1.54, 1.807) is 13.0 Å². The maximum atomic E-state index is 13.5. The summed E-state index contributed by atoms with van der Waals surface area (Å²) in [5.41, 5.74) is 1.53. The van der Waals surface area contributed by atoms with Gasteiger partial charge in [-0.25, -0.2) is 4.39 Å². The molecule has 0 aliphatic carbocycles. The molecule has 1 rings (SSSR count). The molecule has 1 aromatic carbocycles. The molecule has 86 valence electrons. The molecule has 0 heterocycles. The third kappa shape index (κ3) is 2.69. The van der Waals surface area contributed by atoms with Gasteiger partial charge in [0.2, 0.25) is 0 Å². The fraction of sp³-hybridized carbons (Fsp3) is 0.308. The fourth-order valence-corrected chi connectivity index (χ4v) is 1.44. The van der Waals surface area contributed by atoms with Gasteiger partial charge in [0.05, 0.1) is 0 Å². The molecule has 3 heteroatoms. The molecule has 0 spiro atoms. The Labute approximate surface area is 95.2 Å². The van der Waals surface area contributed by atoms with Crippen LogP contribution in [0.3, 0.4) is 0 Å². The van der Waals surface area contributed by atoms with Crippen molar-refractivity contribution < 1.29 is 9.18 Å². The van der Waals surface area contributed by atoms with Crippen LogP contribution in [0.15, 0.2) is 18.7 Å². The average molecular weight is 221 g/mol. The van der Waals surface area contributed by atoms with Gasteiger partial charge in [0, 0.05) is 17.2 Å². The Bertz CT molecular complexity index is 424. The first-order valence-electron chi connectivity index (χ1n) is 5.19. The topological polar surface area (TPSA) is 29.1 Å². The fourth-order valence-electron chi connectivity index (χ4n) is 1.44. The molecule has 1 N–H and O–H groups in total. The summed E-state index contributed by atoms with van der Waals surface area (Å²) in [5, 5.41) is 2.73. The van der Waals surface area contributed by atoms with Gasteiger partial charge in [-0.2, -0.15) is 0 Å². The number of carbonyl (C=O) groups excluding carboxylic acids is 1. The number of aryl methyl sites for hydroxylation is 1. The molecule has 0 unspecified atom stereocenters. The molecule has 2 nitrogen and oxygen atoms in total. The molecule has 0 aliphatic heterocycles. The molecule has 0 saturated carbocycles. The minimum absolute atomic E-state index is 0.0362. The van der Waals surface area contributed by atoms with Crippen molar-refractivity contribution in [3.63, 3.8) is 0 Å². The summed E-state index contributed by atoms with van der Waals surface area (Å²) < 4.78 is 13.5. The zero-order valence-electron chi connectivity index (χ0n) is 9.80. The largest absolute Gasteiger partial charge is 0.350 e. The summed E-state index contributed by atoms with van der Waals surface area (Å²) in [6.45, 7) is 9.02. The number of hydrogen-bond acceptors (Lipinski definition) is 1. The molecule has 0 saturated heterocycles. The SMILES string of the molecule is C=Cc1cc(C)c(C(=O)NC(C)C)cc1F. The molecule has 0 aliphatic rings. The lowest BCUT2D eigenvalue weighted by atomic mass is 10.0. The molecule has 16 heavy (non-hydrogen) atoms. The van der Waals surface area contributed by atoms with E-state index in [0.29, 0.717) is 11.1 Å². The van der Waals surface area contributed by atoms with Gasteiger partial charge in [-0.1, -0.05) is 12.7 Å². The van der Waals surface area contributed by atoms with Gasteiger partial charge >= 0.3 is 0 Å². The van der Waals surface area contributed by atoms with Gasteiger partial charge in [-0.05, 0) is 38.5 Å². The van der Waals surface area contributed by atoms with E-state index in [1.165, 1.54) is 12.1 Å². The summed E-state index contributed by atoms with van der Waals surface area (Å²) in [6, 6.07) is 2.91. The average Bonchev–Trinajstić information content (AvgIpc) is 2.19. The van der Waals surface area contributed by atoms with Gasteiger partial charge in [0.25, 0.3) is 5.91 Å². The van der Waals surface area contributed by atoms with Crippen LogP contribution < -0.4 is 5.32 Å². The first kappa shape index (κ1) is 12.4. The van der Waals surface area contributed by atoms with Gasteiger partial charge < -0.3 is 5.32 Å². The molecule has 0 fully saturated rings. The Kier molecular flexibility index (Phi) is 3.82. The molecule has 0 aromatic heterocycles. The lowest BCUT2D eigenvalue weighted by molar-refractivity contribution is 0.0942. The third-order valence-corrected chi connectivity index (χ3v) is 2.23. The quantitative estimate of drug-likeness (QED) is 0.835. The van der Waals surface area contributed by atoms with E-state index in [2.05, 4.69) is 11.9 Å². The van der Waals surface area contributed by atoms with E-state index in [-0.39, 0.29) is 11.9 Å². The van der Waals surface area contributed by atoms with E-state index in [4.69, 9.17) is 0 Å². The van der Waals surface area contributed by atoms with Crippen molar-refractivity contribution in [1.82, 2.24) is 5.32 Å². The van der Waals surface area contributed by atoms with Crippen LogP contribution in [-0.2, 0) is 0 Å². The summed E-state index contributed by atoms with van der Waals surface area (Å²) in [6.07, 6.45) is 1.44. The summed E-state index contributed by atoms with van der Waals surface area (Å²) >= 11 is 0. The molecule has 1 amide bonds. The lowest BCUT2D eigenvalue weighted by Crippen LogP contribution is -2.30. The van der Waals surface area contributed by atoms with Crippen molar-refractivity contribution in [2.75, 3.05) is 0 Å². The van der Waals surface area contributed by atoms with Crippen molar-refractivity contribution in [2.45, 2.75) is 26.8 Å². The minimum Gasteiger partial charge on any atom is -0.350 e. The maximum absolute atomic E-state index is 13.5. The van der Waals surface area contributed by atoms with Crippen molar-refractivity contribution >= 4 is 12.0 Å². The Morgan fingerprint density at radius 3 is 2.62 bits per heavy atom. The maximum Gasteiger partial charge on any atom is 0.251 e. The number of hydrogen-bond donors (Lipinski definition) is 1. The van der Waals surface area contributed by atoms with Gasteiger partial charge in [0.1, 0.15) is 5.82 Å². The summed E-state index contributed by atoms with van der Waals surface area (Å²) in [4.78, 5) is 11.7. The second-order valence-electron chi connectivity index (χ2n) is 4.02. The van der Waals surface area contributed by atoms with Crippen LogP contribution in [0, 0.1) is 12.7 Å². The highest BCUT2D eigenvalue weighted by atomic mass is 19.1. The zero-order valence-corrected chi connectivity index (χ0v) is 9.80. The van der Waals surface area contributed by atoms with E-state index < -0.39 is 5.82 Å². The number of amides is 1. The van der Waals surface area contributed by atoms with Crippen LogP contribution in [0.4, 0.5) is 4.39 Å². The molecular formula is C13H16FNO. The normalized spacial score (nSPS) is 10.3. The second kappa shape index (κ2) is 4.92. The lowest BCUT2D eigenvalue weighted by Gasteiger charge is -2.11. The predicted molar refractivity (Wildman–Crippen MR) is 63.8 cm³/mol. The number of halogens is 1. The molecule has 0 atom stereocenters. The van der Waals surface area contributed by atoms with Crippen LogP contribution in [0.25, 0.3) is 6.08 Å². The Hall–Kier alpha value is -1.64. The van der Waals surface area contributed by atoms with Gasteiger partial charge in [-0.3, -0.25) is 4.79 Å². The molecule has 0 bridgehead atoms. The van der Waals surface area contributed by atoms with Gasteiger partial charge in [0.15, 0.2) is 0 Å². The Morgan fingerprint density at radius 2 is 2.12 bits per heavy atom. The molecular weight excluding hydrogens is 205 g/mol. The highest BCUT2D eigenvalue weighted by molar-refractivity contribution is 5.96. The summed E-state index contributed by atoms with van der Waals surface area (Å²) in [5.74, 6) is -0.670. The zero-order chi connectivity index (χ0) is 12.3. The number of benzene rings is 1. The number of nitrogens with one attached hydrogen (secondary N) is 1. The van der Waals surface area contributed by atoms with Crippen LogP contribution in [0.1, 0.15) is 35.3 Å². The smallest absolute Gasteiger partial charge is 0.251 e.